The summed E-state index contributed by atoms with van der Waals surface area (Å²) in [5, 5.41) is 10.6. The number of ether oxygens (including phenoxy) is 5. The molecule has 3 unspecified atom stereocenters. The number of aliphatic hydroxyl groups is 1. The Hall–Kier alpha value is -1.64. The molecule has 1 N–H and O–H groups in total. The van der Waals surface area contributed by atoms with Gasteiger partial charge in [-0.15, -0.1) is 0 Å². The van der Waals surface area contributed by atoms with E-state index in [2.05, 4.69) is 0 Å². The van der Waals surface area contributed by atoms with Gasteiger partial charge in [0, 0.05) is 12.3 Å². The van der Waals surface area contributed by atoms with Crippen molar-refractivity contribution in [1.82, 2.24) is 0 Å². The van der Waals surface area contributed by atoms with E-state index in [0.717, 1.165) is 6.08 Å². The second kappa shape index (κ2) is 6.10. The number of hydrogen-bond donors (Lipinski definition) is 1. The number of fused-ring (bicyclic) bond motifs is 6. The summed E-state index contributed by atoms with van der Waals surface area (Å²) in [7, 11) is 0. The highest BCUT2D eigenvalue weighted by atomic mass is 16.8. The zero-order valence-corrected chi connectivity index (χ0v) is 13.0. The summed E-state index contributed by atoms with van der Waals surface area (Å²) in [6.45, 7) is 4.01. The quantitative estimate of drug-likeness (QED) is 0.572. The van der Waals surface area contributed by atoms with Gasteiger partial charge in [0.1, 0.15) is 11.7 Å². The van der Waals surface area contributed by atoms with Crippen LogP contribution < -0.4 is 0 Å². The van der Waals surface area contributed by atoms with Crippen molar-refractivity contribution < 1.29 is 38.4 Å². The fourth-order valence-corrected chi connectivity index (χ4v) is 3.29. The van der Waals surface area contributed by atoms with E-state index >= 15 is 0 Å². The zero-order valence-electron chi connectivity index (χ0n) is 13.0. The van der Waals surface area contributed by atoms with E-state index in [4.69, 9.17) is 23.7 Å². The van der Waals surface area contributed by atoms with Gasteiger partial charge in [-0.2, -0.15) is 0 Å². The Morgan fingerprint density at radius 1 is 1.35 bits per heavy atom. The highest BCUT2D eigenvalue weighted by Gasteiger charge is 2.62. The highest BCUT2D eigenvalue weighted by molar-refractivity contribution is 5.85. The predicted molar refractivity (Wildman–Crippen MR) is 73.6 cm³/mol. The van der Waals surface area contributed by atoms with Crippen LogP contribution >= 0.6 is 0 Å². The van der Waals surface area contributed by atoms with Gasteiger partial charge in [0.2, 0.25) is 6.29 Å². The molecular formula is C15H20O8. The molecule has 3 heterocycles. The molecule has 8 heteroatoms. The molecule has 3 aliphatic heterocycles. The average molecular weight is 328 g/mol. The molecule has 3 saturated heterocycles. The first-order chi connectivity index (χ1) is 11.0. The lowest BCUT2D eigenvalue weighted by Crippen LogP contribution is -2.58. The van der Waals surface area contributed by atoms with Crippen molar-refractivity contribution in [3.63, 3.8) is 0 Å². The fourth-order valence-electron chi connectivity index (χ4n) is 3.29. The number of rotatable bonds is 4. The normalized spacial score (nSPS) is 39.7. The zero-order chi connectivity index (χ0) is 16.6. The molecular weight excluding hydrogens is 308 g/mol. The Labute approximate surface area is 133 Å². The SMILES string of the molecule is CCOC(=O)/C=C1\OC2(O)CC(C1C(=O)OCC)[C@H]1CO[C@@H]2O1. The van der Waals surface area contributed by atoms with Crippen molar-refractivity contribution in [2.45, 2.75) is 38.4 Å². The van der Waals surface area contributed by atoms with E-state index in [1.165, 1.54) is 0 Å². The van der Waals surface area contributed by atoms with Crippen LogP contribution in [0.3, 0.4) is 0 Å². The first-order valence-electron chi connectivity index (χ1n) is 7.72. The van der Waals surface area contributed by atoms with Crippen LogP contribution in [-0.2, 0) is 33.3 Å². The number of carbonyl (C=O) groups is 2. The van der Waals surface area contributed by atoms with Crippen LogP contribution in [0.5, 0.6) is 0 Å². The van der Waals surface area contributed by atoms with Gasteiger partial charge in [-0.3, -0.25) is 4.79 Å². The fraction of sp³-hybridized carbons (Fsp3) is 0.733. The van der Waals surface area contributed by atoms with E-state index in [1.807, 2.05) is 0 Å². The van der Waals surface area contributed by atoms with Gasteiger partial charge in [0.05, 0.1) is 32.0 Å². The smallest absolute Gasteiger partial charge is 0.334 e. The van der Waals surface area contributed by atoms with Gasteiger partial charge in [0.15, 0.2) is 0 Å². The molecule has 5 atom stereocenters. The van der Waals surface area contributed by atoms with Gasteiger partial charge >= 0.3 is 11.9 Å². The maximum Gasteiger partial charge on any atom is 0.334 e. The molecule has 0 aliphatic carbocycles. The van der Waals surface area contributed by atoms with Crippen LogP contribution in [0.4, 0.5) is 0 Å². The van der Waals surface area contributed by atoms with Crippen molar-refractivity contribution in [2.75, 3.05) is 19.8 Å². The van der Waals surface area contributed by atoms with Crippen LogP contribution in [0.2, 0.25) is 0 Å². The maximum absolute atomic E-state index is 12.4. The van der Waals surface area contributed by atoms with Gasteiger partial charge in [-0.05, 0) is 13.8 Å². The van der Waals surface area contributed by atoms with Gasteiger partial charge in [0.25, 0.3) is 5.79 Å². The molecule has 3 fully saturated rings. The summed E-state index contributed by atoms with van der Waals surface area (Å²) < 4.78 is 26.5. The summed E-state index contributed by atoms with van der Waals surface area (Å²) in [5.41, 5.74) is 0. The Bertz CT molecular complexity index is 530. The molecule has 3 rings (SSSR count). The highest BCUT2D eigenvalue weighted by Crippen LogP contribution is 2.50. The number of hydrogen-bond acceptors (Lipinski definition) is 8. The van der Waals surface area contributed by atoms with E-state index in [0.29, 0.717) is 0 Å². The molecule has 0 spiro atoms. The molecule has 0 amide bonds. The minimum atomic E-state index is -1.72. The largest absolute Gasteiger partial charge is 0.465 e. The van der Waals surface area contributed by atoms with E-state index in [-0.39, 0.29) is 38.1 Å². The summed E-state index contributed by atoms with van der Waals surface area (Å²) in [4.78, 5) is 24.1. The molecule has 0 aromatic heterocycles. The molecule has 0 aromatic rings. The molecule has 4 bridgehead atoms. The molecule has 0 radical (unpaired) electrons. The van der Waals surface area contributed by atoms with Crippen LogP contribution in [0.25, 0.3) is 0 Å². The van der Waals surface area contributed by atoms with E-state index in [1.54, 1.807) is 13.8 Å². The second-order valence-corrected chi connectivity index (χ2v) is 5.68. The molecule has 8 nitrogen and oxygen atoms in total. The number of carbonyl (C=O) groups excluding carboxylic acids is 2. The Morgan fingerprint density at radius 3 is 2.78 bits per heavy atom. The summed E-state index contributed by atoms with van der Waals surface area (Å²) >= 11 is 0. The summed E-state index contributed by atoms with van der Waals surface area (Å²) in [6, 6.07) is 0. The van der Waals surface area contributed by atoms with Crippen molar-refractivity contribution in [3.8, 4) is 0 Å². The van der Waals surface area contributed by atoms with Crippen LogP contribution in [0.1, 0.15) is 20.3 Å². The number of esters is 2. The first kappa shape index (κ1) is 16.2. The Kier molecular flexibility index (Phi) is 4.31. The lowest BCUT2D eigenvalue weighted by molar-refractivity contribution is -0.344. The second-order valence-electron chi connectivity index (χ2n) is 5.68. The third-order valence-electron chi connectivity index (χ3n) is 4.20. The summed E-state index contributed by atoms with van der Waals surface area (Å²) in [5.74, 6) is -4.10. The molecule has 0 saturated carbocycles. The topological polar surface area (TPSA) is 101 Å². The van der Waals surface area contributed by atoms with Crippen LogP contribution in [-0.4, -0.2) is 55.0 Å². The molecule has 23 heavy (non-hydrogen) atoms. The lowest BCUT2D eigenvalue weighted by Gasteiger charge is -2.47. The van der Waals surface area contributed by atoms with Crippen LogP contribution in [0.15, 0.2) is 11.8 Å². The summed E-state index contributed by atoms with van der Waals surface area (Å²) in [6.07, 6.45) is -0.0273. The predicted octanol–water partition coefficient (Wildman–Crippen LogP) is 0.0929. The maximum atomic E-state index is 12.4. The van der Waals surface area contributed by atoms with Crippen molar-refractivity contribution >= 4 is 11.9 Å². The van der Waals surface area contributed by atoms with Crippen LogP contribution in [0, 0.1) is 11.8 Å². The van der Waals surface area contributed by atoms with Crippen molar-refractivity contribution in [1.29, 1.82) is 0 Å². The van der Waals surface area contributed by atoms with E-state index in [9.17, 15) is 14.7 Å². The third-order valence-corrected chi connectivity index (χ3v) is 4.20. The molecule has 128 valence electrons. The first-order valence-corrected chi connectivity index (χ1v) is 7.72. The van der Waals surface area contributed by atoms with Crippen molar-refractivity contribution in [2.24, 2.45) is 11.8 Å². The van der Waals surface area contributed by atoms with Gasteiger partial charge in [-0.1, -0.05) is 0 Å². The monoisotopic (exact) mass is 328 g/mol. The van der Waals surface area contributed by atoms with Gasteiger partial charge < -0.3 is 28.8 Å². The van der Waals surface area contributed by atoms with Gasteiger partial charge in [-0.25, -0.2) is 4.79 Å². The molecule has 0 aromatic carbocycles. The Balaban J connectivity index is 1.94. The minimum Gasteiger partial charge on any atom is -0.465 e. The third kappa shape index (κ3) is 2.82. The standard InChI is InChI=1S/C15H20O8/c1-3-19-11(16)5-9-12(13(17)20-4-2)8-6-15(18,23-9)14-21-7-10(8)22-14/h5,8,10,12,14,18H,3-4,6-7H2,1-2H3/b9-5-/t8?,10-,12?,14-,15?/m1/s1. The van der Waals surface area contributed by atoms with Crippen molar-refractivity contribution in [3.05, 3.63) is 11.8 Å². The lowest BCUT2D eigenvalue weighted by atomic mass is 9.77. The van der Waals surface area contributed by atoms with E-state index < -0.39 is 35.9 Å². The molecule has 3 aliphatic rings. The minimum absolute atomic E-state index is 0.0319. The average Bonchev–Trinajstić information content (AvgIpc) is 2.93. The Morgan fingerprint density at radius 2 is 2.09 bits per heavy atom.